The Morgan fingerprint density at radius 2 is 2.27 bits per heavy atom. The second-order valence-corrected chi connectivity index (χ2v) is 4.64. The summed E-state index contributed by atoms with van der Waals surface area (Å²) in [7, 11) is 1.92. The van der Waals surface area contributed by atoms with Crippen molar-refractivity contribution in [1.82, 2.24) is 14.7 Å². The molecule has 0 saturated carbocycles. The maximum Gasteiger partial charge on any atom is 0.0900 e. The second-order valence-electron chi connectivity index (χ2n) is 4.64. The Hall–Kier alpha value is -0.870. The first-order valence-corrected chi connectivity index (χ1v) is 5.53. The van der Waals surface area contributed by atoms with E-state index in [1.54, 1.807) is 0 Å². The third-order valence-electron chi connectivity index (χ3n) is 2.92. The molecule has 2 heterocycles. The van der Waals surface area contributed by atoms with E-state index >= 15 is 0 Å². The van der Waals surface area contributed by atoms with Gasteiger partial charge in [0.2, 0.25) is 0 Å². The molecule has 0 unspecified atom stereocenters. The summed E-state index contributed by atoms with van der Waals surface area (Å²) < 4.78 is 1.81. The third-order valence-corrected chi connectivity index (χ3v) is 2.92. The molecule has 0 aliphatic carbocycles. The number of β-amino-alcohol motifs (C(OH)–C–C–N with tert-alkyl or cyclic N) is 1. The smallest absolute Gasteiger partial charge is 0.0900 e. The van der Waals surface area contributed by atoms with E-state index < -0.39 is 5.60 Å². The van der Waals surface area contributed by atoms with Crippen molar-refractivity contribution in [2.45, 2.75) is 31.9 Å². The molecule has 1 N–H and O–H groups in total. The van der Waals surface area contributed by atoms with Gasteiger partial charge in [-0.05, 0) is 6.42 Å². The molecule has 0 bridgehead atoms. The summed E-state index contributed by atoms with van der Waals surface area (Å²) in [6, 6.07) is 0. The number of aryl methyl sites for hydroxylation is 1. The van der Waals surface area contributed by atoms with Gasteiger partial charge < -0.3 is 5.11 Å². The van der Waals surface area contributed by atoms with E-state index in [1.807, 2.05) is 24.1 Å². The maximum atomic E-state index is 10.0. The van der Waals surface area contributed by atoms with Gasteiger partial charge >= 0.3 is 0 Å². The highest BCUT2D eigenvalue weighted by Gasteiger charge is 2.39. The van der Waals surface area contributed by atoms with Crippen molar-refractivity contribution in [2.75, 3.05) is 13.1 Å². The van der Waals surface area contributed by atoms with Gasteiger partial charge in [-0.3, -0.25) is 9.58 Å². The van der Waals surface area contributed by atoms with Crippen LogP contribution < -0.4 is 0 Å². The molecular weight excluding hydrogens is 190 g/mol. The molecule has 0 radical (unpaired) electrons. The highest BCUT2D eigenvalue weighted by molar-refractivity contribution is 5.06. The van der Waals surface area contributed by atoms with Gasteiger partial charge in [0.1, 0.15) is 0 Å². The van der Waals surface area contributed by atoms with Crippen LogP contribution in [0.1, 0.15) is 25.3 Å². The zero-order valence-electron chi connectivity index (χ0n) is 9.48. The molecule has 1 fully saturated rings. The fraction of sp³-hybridized carbons (Fsp3) is 0.727. The summed E-state index contributed by atoms with van der Waals surface area (Å²) in [5.41, 5.74) is 0.799. The average molecular weight is 209 g/mol. The van der Waals surface area contributed by atoms with Crippen molar-refractivity contribution < 1.29 is 5.11 Å². The Bertz CT molecular complexity index is 328. The highest BCUT2D eigenvalue weighted by Crippen LogP contribution is 2.26. The van der Waals surface area contributed by atoms with Crippen molar-refractivity contribution >= 4 is 0 Å². The van der Waals surface area contributed by atoms with E-state index in [0.717, 1.165) is 32.5 Å². The monoisotopic (exact) mass is 209 g/mol. The Balaban J connectivity index is 1.80. The van der Waals surface area contributed by atoms with E-state index in [2.05, 4.69) is 16.9 Å². The van der Waals surface area contributed by atoms with Gasteiger partial charge in [-0.15, -0.1) is 0 Å². The van der Waals surface area contributed by atoms with Gasteiger partial charge in [-0.1, -0.05) is 13.3 Å². The minimum Gasteiger partial charge on any atom is -0.387 e. The molecule has 0 amide bonds. The molecule has 0 atom stereocenters. The van der Waals surface area contributed by atoms with Gasteiger partial charge in [0.05, 0.1) is 11.8 Å². The summed E-state index contributed by atoms with van der Waals surface area (Å²) in [6.07, 6.45) is 5.88. The number of aromatic nitrogens is 2. The number of aliphatic hydroxyl groups is 1. The number of hydrogen-bond donors (Lipinski definition) is 1. The topological polar surface area (TPSA) is 41.3 Å². The zero-order valence-corrected chi connectivity index (χ0v) is 9.48. The number of hydrogen-bond acceptors (Lipinski definition) is 3. The van der Waals surface area contributed by atoms with Crippen molar-refractivity contribution in [2.24, 2.45) is 7.05 Å². The molecule has 1 aromatic rings. The average Bonchev–Trinajstić information content (AvgIpc) is 2.49. The van der Waals surface area contributed by atoms with Crippen LogP contribution in [0.5, 0.6) is 0 Å². The number of likely N-dealkylation sites (tertiary alicyclic amines) is 1. The predicted molar refractivity (Wildman–Crippen MR) is 58.3 cm³/mol. The largest absolute Gasteiger partial charge is 0.387 e. The van der Waals surface area contributed by atoms with Gasteiger partial charge in [0.15, 0.2) is 0 Å². The molecule has 1 aromatic heterocycles. The maximum absolute atomic E-state index is 10.0. The van der Waals surface area contributed by atoms with Gasteiger partial charge in [0, 0.05) is 38.4 Å². The van der Waals surface area contributed by atoms with Crippen LogP contribution >= 0.6 is 0 Å². The van der Waals surface area contributed by atoms with Crippen LogP contribution in [-0.2, 0) is 13.6 Å². The van der Waals surface area contributed by atoms with Crippen LogP contribution in [0.25, 0.3) is 0 Å². The SMILES string of the molecule is CCCC1(O)CN(Cc2cnn(C)c2)C1. The molecule has 84 valence electrons. The van der Waals surface area contributed by atoms with E-state index in [1.165, 1.54) is 5.56 Å². The standard InChI is InChI=1S/C11H19N3O/c1-3-4-11(15)8-14(9-11)7-10-5-12-13(2)6-10/h5-6,15H,3-4,7-9H2,1-2H3. The summed E-state index contributed by atoms with van der Waals surface area (Å²) in [5, 5.41) is 14.1. The van der Waals surface area contributed by atoms with Gasteiger partial charge in [-0.25, -0.2) is 0 Å². The Kier molecular flexibility index (Phi) is 2.80. The first-order valence-electron chi connectivity index (χ1n) is 5.53. The van der Waals surface area contributed by atoms with Gasteiger partial charge in [-0.2, -0.15) is 5.10 Å². The van der Waals surface area contributed by atoms with E-state index in [0.29, 0.717) is 0 Å². The Morgan fingerprint density at radius 3 is 2.80 bits per heavy atom. The molecular formula is C11H19N3O. The van der Waals surface area contributed by atoms with E-state index in [9.17, 15) is 5.11 Å². The fourth-order valence-corrected chi connectivity index (χ4v) is 2.33. The van der Waals surface area contributed by atoms with Crippen molar-refractivity contribution in [3.05, 3.63) is 18.0 Å². The summed E-state index contributed by atoms with van der Waals surface area (Å²) in [5.74, 6) is 0. The van der Waals surface area contributed by atoms with Crippen molar-refractivity contribution in [3.63, 3.8) is 0 Å². The molecule has 1 aliphatic rings. The summed E-state index contributed by atoms with van der Waals surface area (Å²) in [4.78, 5) is 2.26. The number of nitrogens with zero attached hydrogens (tertiary/aromatic N) is 3. The van der Waals surface area contributed by atoms with Gasteiger partial charge in [0.25, 0.3) is 0 Å². The second kappa shape index (κ2) is 3.94. The Morgan fingerprint density at radius 1 is 1.53 bits per heavy atom. The lowest BCUT2D eigenvalue weighted by atomic mass is 9.89. The summed E-state index contributed by atoms with van der Waals surface area (Å²) >= 11 is 0. The normalized spacial score (nSPS) is 20.2. The lowest BCUT2D eigenvalue weighted by molar-refractivity contribution is -0.106. The van der Waals surface area contributed by atoms with Crippen LogP contribution in [0.2, 0.25) is 0 Å². The molecule has 0 spiro atoms. The quantitative estimate of drug-likeness (QED) is 0.796. The van der Waals surface area contributed by atoms with Crippen LogP contribution in [0.4, 0.5) is 0 Å². The molecule has 2 rings (SSSR count). The van der Waals surface area contributed by atoms with E-state index in [4.69, 9.17) is 0 Å². The highest BCUT2D eigenvalue weighted by atomic mass is 16.3. The Labute approximate surface area is 90.5 Å². The molecule has 1 saturated heterocycles. The molecule has 1 aliphatic heterocycles. The fourth-order valence-electron chi connectivity index (χ4n) is 2.33. The summed E-state index contributed by atoms with van der Waals surface area (Å²) in [6.45, 7) is 4.62. The third kappa shape index (κ3) is 2.38. The lowest BCUT2D eigenvalue weighted by Gasteiger charge is -2.46. The van der Waals surface area contributed by atoms with Crippen molar-refractivity contribution in [3.8, 4) is 0 Å². The first kappa shape index (κ1) is 10.6. The van der Waals surface area contributed by atoms with Crippen LogP contribution in [-0.4, -0.2) is 38.5 Å². The molecule has 0 aromatic carbocycles. The zero-order chi connectivity index (χ0) is 10.9. The lowest BCUT2D eigenvalue weighted by Crippen LogP contribution is -2.60. The van der Waals surface area contributed by atoms with Crippen LogP contribution in [0.15, 0.2) is 12.4 Å². The molecule has 4 nitrogen and oxygen atoms in total. The van der Waals surface area contributed by atoms with Crippen LogP contribution in [0.3, 0.4) is 0 Å². The predicted octanol–water partition coefficient (Wildman–Crippen LogP) is 0.767. The minimum absolute atomic E-state index is 0.420. The minimum atomic E-state index is -0.420. The van der Waals surface area contributed by atoms with Crippen molar-refractivity contribution in [1.29, 1.82) is 0 Å². The van der Waals surface area contributed by atoms with E-state index in [-0.39, 0.29) is 0 Å². The molecule has 4 heteroatoms. The molecule has 15 heavy (non-hydrogen) atoms. The van der Waals surface area contributed by atoms with Crippen LogP contribution in [0, 0.1) is 0 Å². The first-order chi connectivity index (χ1) is 7.11. The number of rotatable bonds is 4.